The van der Waals surface area contributed by atoms with E-state index in [-0.39, 0.29) is 5.69 Å². The summed E-state index contributed by atoms with van der Waals surface area (Å²) in [5, 5.41) is 11.0. The van der Waals surface area contributed by atoms with Gasteiger partial charge in [-0.25, -0.2) is 4.98 Å². The number of nitrogens with zero attached hydrogens (tertiary/aromatic N) is 2. The molecule has 2 aromatic rings. The van der Waals surface area contributed by atoms with Crippen molar-refractivity contribution in [3.05, 3.63) is 55.8 Å². The van der Waals surface area contributed by atoms with Gasteiger partial charge in [0.05, 0.1) is 15.5 Å². The van der Waals surface area contributed by atoms with Gasteiger partial charge in [0.2, 0.25) is 0 Å². The summed E-state index contributed by atoms with van der Waals surface area (Å²) in [7, 11) is 0. The van der Waals surface area contributed by atoms with Crippen molar-refractivity contribution in [2.24, 2.45) is 0 Å². The molecule has 1 heterocycles. The summed E-state index contributed by atoms with van der Waals surface area (Å²) in [6.45, 7) is 1.81. The van der Waals surface area contributed by atoms with Crippen LogP contribution in [0.25, 0.3) is 0 Å². The van der Waals surface area contributed by atoms with E-state index in [2.05, 4.69) is 20.9 Å². The first kappa shape index (κ1) is 13.8. The first-order valence-corrected chi connectivity index (χ1v) is 6.38. The van der Waals surface area contributed by atoms with Crippen molar-refractivity contribution in [1.29, 1.82) is 0 Å². The van der Waals surface area contributed by atoms with Crippen LogP contribution in [0.2, 0.25) is 5.15 Å². The van der Waals surface area contributed by atoms with Crippen molar-refractivity contribution in [3.8, 4) is 11.5 Å². The Hall–Kier alpha value is -1.66. The number of hydrogen-bond donors (Lipinski definition) is 0. The van der Waals surface area contributed by atoms with Crippen molar-refractivity contribution < 1.29 is 9.66 Å². The third-order valence-corrected chi connectivity index (χ3v) is 3.23. The normalized spacial score (nSPS) is 10.3. The summed E-state index contributed by atoms with van der Waals surface area (Å²) in [6.07, 6.45) is 1.57. The fourth-order valence-corrected chi connectivity index (χ4v) is 1.87. The van der Waals surface area contributed by atoms with E-state index < -0.39 is 4.92 Å². The van der Waals surface area contributed by atoms with Gasteiger partial charge < -0.3 is 4.74 Å². The lowest BCUT2D eigenvalue weighted by Gasteiger charge is -2.10. The van der Waals surface area contributed by atoms with Gasteiger partial charge in [0.25, 0.3) is 5.69 Å². The quantitative estimate of drug-likeness (QED) is 0.467. The van der Waals surface area contributed by atoms with Gasteiger partial charge in [-0.3, -0.25) is 10.1 Å². The lowest BCUT2D eigenvalue weighted by atomic mass is 10.3. The van der Waals surface area contributed by atoms with Gasteiger partial charge in [-0.15, -0.1) is 0 Å². The molecule has 0 aliphatic rings. The highest BCUT2D eigenvalue weighted by Gasteiger charge is 2.12. The SMILES string of the molecule is Cc1cnc(Cl)cc1Oc1cc([N+](=O)[O-])ccc1Br. The number of aryl methyl sites for hydroxylation is 1. The molecule has 1 aromatic carbocycles. The predicted molar refractivity (Wildman–Crippen MR) is 74.9 cm³/mol. The number of nitro benzene ring substituents is 1. The Morgan fingerprint density at radius 3 is 2.79 bits per heavy atom. The molecule has 2 rings (SSSR count). The third kappa shape index (κ3) is 3.21. The van der Waals surface area contributed by atoms with E-state index >= 15 is 0 Å². The zero-order chi connectivity index (χ0) is 14.0. The smallest absolute Gasteiger partial charge is 0.273 e. The summed E-state index contributed by atoms with van der Waals surface area (Å²) >= 11 is 9.08. The van der Waals surface area contributed by atoms with Crippen LogP contribution in [0.4, 0.5) is 5.69 Å². The van der Waals surface area contributed by atoms with Gasteiger partial charge in [-0.05, 0) is 28.9 Å². The molecule has 0 atom stereocenters. The molecule has 1 aromatic heterocycles. The van der Waals surface area contributed by atoms with E-state index in [1.807, 2.05) is 6.92 Å². The van der Waals surface area contributed by atoms with Crippen molar-refractivity contribution >= 4 is 33.2 Å². The molecule has 0 saturated heterocycles. The predicted octanol–water partition coefficient (Wildman–Crippen LogP) is 4.51. The molecule has 19 heavy (non-hydrogen) atoms. The van der Waals surface area contributed by atoms with Gasteiger partial charge in [-0.2, -0.15) is 0 Å². The number of pyridine rings is 1. The lowest BCUT2D eigenvalue weighted by molar-refractivity contribution is -0.384. The number of ether oxygens (including phenoxy) is 1. The molecule has 0 aliphatic heterocycles. The van der Waals surface area contributed by atoms with E-state index in [0.717, 1.165) is 5.56 Å². The van der Waals surface area contributed by atoms with Gasteiger partial charge in [0.15, 0.2) is 0 Å². The number of hydrogen-bond acceptors (Lipinski definition) is 4. The Balaban J connectivity index is 2.40. The van der Waals surface area contributed by atoms with E-state index in [0.29, 0.717) is 21.1 Å². The van der Waals surface area contributed by atoms with E-state index in [9.17, 15) is 10.1 Å². The molecule has 0 N–H and O–H groups in total. The van der Waals surface area contributed by atoms with Crippen LogP contribution >= 0.6 is 27.5 Å². The molecule has 0 radical (unpaired) electrons. The summed E-state index contributed by atoms with van der Waals surface area (Å²) < 4.78 is 6.25. The monoisotopic (exact) mass is 342 g/mol. The summed E-state index contributed by atoms with van der Waals surface area (Å²) in [5.74, 6) is 0.848. The third-order valence-electron chi connectivity index (χ3n) is 2.37. The number of aromatic nitrogens is 1. The minimum Gasteiger partial charge on any atom is -0.455 e. The molecule has 7 heteroatoms. The first-order chi connectivity index (χ1) is 8.97. The summed E-state index contributed by atoms with van der Waals surface area (Å²) in [5.41, 5.74) is 0.735. The lowest BCUT2D eigenvalue weighted by Crippen LogP contribution is -1.93. The molecular weight excluding hydrogens is 336 g/mol. The van der Waals surface area contributed by atoms with Crippen molar-refractivity contribution in [3.63, 3.8) is 0 Å². The van der Waals surface area contributed by atoms with E-state index in [4.69, 9.17) is 16.3 Å². The first-order valence-electron chi connectivity index (χ1n) is 5.21. The summed E-state index contributed by atoms with van der Waals surface area (Å²) in [6, 6.07) is 5.86. The Morgan fingerprint density at radius 1 is 1.37 bits per heavy atom. The molecular formula is C12H8BrClN2O3. The van der Waals surface area contributed by atoms with Gasteiger partial charge >= 0.3 is 0 Å². The Morgan fingerprint density at radius 2 is 2.11 bits per heavy atom. The van der Waals surface area contributed by atoms with Crippen LogP contribution in [-0.4, -0.2) is 9.91 Å². The largest absolute Gasteiger partial charge is 0.455 e. The summed E-state index contributed by atoms with van der Waals surface area (Å²) in [4.78, 5) is 14.2. The highest BCUT2D eigenvalue weighted by molar-refractivity contribution is 9.10. The zero-order valence-corrected chi connectivity index (χ0v) is 12.1. The second-order valence-corrected chi connectivity index (χ2v) is 4.99. The highest BCUT2D eigenvalue weighted by Crippen LogP contribution is 2.34. The molecule has 98 valence electrons. The van der Waals surface area contributed by atoms with Crippen LogP contribution in [0.1, 0.15) is 5.56 Å². The molecule has 0 saturated carbocycles. The van der Waals surface area contributed by atoms with Gasteiger partial charge in [0.1, 0.15) is 16.7 Å². The maximum absolute atomic E-state index is 10.7. The van der Waals surface area contributed by atoms with Crippen LogP contribution < -0.4 is 4.74 Å². The molecule has 5 nitrogen and oxygen atoms in total. The van der Waals surface area contributed by atoms with E-state index in [1.54, 1.807) is 18.3 Å². The average Bonchev–Trinajstić information content (AvgIpc) is 2.36. The second kappa shape index (κ2) is 5.54. The highest BCUT2D eigenvalue weighted by atomic mass is 79.9. The number of halogens is 2. The Kier molecular flexibility index (Phi) is 4.01. The van der Waals surface area contributed by atoms with Crippen molar-refractivity contribution in [1.82, 2.24) is 4.98 Å². The maximum Gasteiger partial charge on any atom is 0.273 e. The van der Waals surface area contributed by atoms with Crippen LogP contribution in [0.15, 0.2) is 34.9 Å². The van der Waals surface area contributed by atoms with Gasteiger partial charge in [-0.1, -0.05) is 11.6 Å². The molecule has 0 fully saturated rings. The topological polar surface area (TPSA) is 65.3 Å². The van der Waals surface area contributed by atoms with Crippen LogP contribution in [-0.2, 0) is 0 Å². The molecule has 0 unspecified atom stereocenters. The molecule has 0 bridgehead atoms. The molecule has 0 amide bonds. The number of nitro groups is 1. The standard InChI is InChI=1S/C12H8BrClN2O3/c1-7-6-15-12(14)5-10(7)19-11-4-8(16(17)18)2-3-9(11)13/h2-6H,1H3. The average molecular weight is 344 g/mol. The van der Waals surface area contributed by atoms with Crippen molar-refractivity contribution in [2.75, 3.05) is 0 Å². The molecule has 0 spiro atoms. The molecule has 0 aliphatic carbocycles. The minimum absolute atomic E-state index is 0.0454. The maximum atomic E-state index is 10.7. The Bertz CT molecular complexity index is 649. The second-order valence-electron chi connectivity index (χ2n) is 3.75. The van der Waals surface area contributed by atoms with Crippen LogP contribution in [0.3, 0.4) is 0 Å². The number of rotatable bonds is 3. The zero-order valence-electron chi connectivity index (χ0n) is 9.76. The van der Waals surface area contributed by atoms with Gasteiger partial charge in [0, 0.05) is 23.9 Å². The Labute approximate surface area is 122 Å². The number of benzene rings is 1. The minimum atomic E-state index is -0.480. The number of non-ortho nitro benzene ring substituents is 1. The fourth-order valence-electron chi connectivity index (χ4n) is 1.39. The van der Waals surface area contributed by atoms with E-state index in [1.165, 1.54) is 12.1 Å². The van der Waals surface area contributed by atoms with Crippen LogP contribution in [0, 0.1) is 17.0 Å². The van der Waals surface area contributed by atoms with Crippen LogP contribution in [0.5, 0.6) is 11.5 Å². The fraction of sp³-hybridized carbons (Fsp3) is 0.0833. The van der Waals surface area contributed by atoms with Crippen molar-refractivity contribution in [2.45, 2.75) is 6.92 Å².